The minimum absolute atomic E-state index is 0.230. The molecule has 1 aromatic heterocycles. The molecule has 1 heterocycles. The van der Waals surface area contributed by atoms with Gasteiger partial charge in [0.1, 0.15) is 5.82 Å². The molecule has 0 spiro atoms. The lowest BCUT2D eigenvalue weighted by atomic mass is 10.1. The Morgan fingerprint density at radius 1 is 1.47 bits per heavy atom. The van der Waals surface area contributed by atoms with E-state index >= 15 is 0 Å². The fraction of sp³-hybridized carbons (Fsp3) is 0.273. The van der Waals surface area contributed by atoms with Crippen molar-refractivity contribution < 1.29 is 4.39 Å². The predicted molar refractivity (Wildman–Crippen MR) is 63.3 cm³/mol. The van der Waals surface area contributed by atoms with Crippen LogP contribution >= 0.6 is 15.9 Å². The van der Waals surface area contributed by atoms with Crippen LogP contribution < -0.4 is 5.73 Å². The molecule has 2 aromatic rings. The molecule has 2 rings (SSSR count). The SMILES string of the molecule is Cn1cc(CCN)c2cc(F)c(Br)cc21. The van der Waals surface area contributed by atoms with Crippen molar-refractivity contribution in [3.8, 4) is 0 Å². The van der Waals surface area contributed by atoms with Crippen molar-refractivity contribution in [1.82, 2.24) is 4.57 Å². The van der Waals surface area contributed by atoms with E-state index < -0.39 is 0 Å². The van der Waals surface area contributed by atoms with Gasteiger partial charge < -0.3 is 10.3 Å². The zero-order valence-electron chi connectivity index (χ0n) is 8.43. The Labute approximate surface area is 96.0 Å². The summed E-state index contributed by atoms with van der Waals surface area (Å²) in [5, 5.41) is 0.948. The van der Waals surface area contributed by atoms with Gasteiger partial charge in [-0.15, -0.1) is 0 Å². The summed E-state index contributed by atoms with van der Waals surface area (Å²) < 4.78 is 15.9. The smallest absolute Gasteiger partial charge is 0.138 e. The Morgan fingerprint density at radius 2 is 2.20 bits per heavy atom. The number of nitrogens with two attached hydrogens (primary N) is 1. The van der Waals surface area contributed by atoms with Gasteiger partial charge in [0.15, 0.2) is 0 Å². The summed E-state index contributed by atoms with van der Waals surface area (Å²) >= 11 is 3.19. The molecule has 0 saturated carbocycles. The van der Waals surface area contributed by atoms with Crippen LogP contribution in [0.5, 0.6) is 0 Å². The van der Waals surface area contributed by atoms with Crippen LogP contribution in [-0.4, -0.2) is 11.1 Å². The molecule has 1 aromatic carbocycles. The summed E-state index contributed by atoms with van der Waals surface area (Å²) in [6, 6.07) is 3.36. The van der Waals surface area contributed by atoms with Gasteiger partial charge in [0, 0.05) is 24.1 Å². The number of aryl methyl sites for hydroxylation is 1. The van der Waals surface area contributed by atoms with E-state index in [0.717, 1.165) is 22.9 Å². The number of fused-ring (bicyclic) bond motifs is 1. The van der Waals surface area contributed by atoms with Gasteiger partial charge in [-0.3, -0.25) is 0 Å². The van der Waals surface area contributed by atoms with Gasteiger partial charge in [0.2, 0.25) is 0 Å². The number of aromatic nitrogens is 1. The third-order valence-corrected chi connectivity index (χ3v) is 3.14. The number of benzene rings is 1. The molecular weight excluding hydrogens is 259 g/mol. The van der Waals surface area contributed by atoms with Crippen molar-refractivity contribution >= 4 is 26.8 Å². The molecule has 0 saturated heterocycles. The van der Waals surface area contributed by atoms with E-state index in [2.05, 4.69) is 15.9 Å². The lowest BCUT2D eigenvalue weighted by Gasteiger charge is -1.99. The minimum atomic E-state index is -0.230. The van der Waals surface area contributed by atoms with Crippen LogP contribution in [0.25, 0.3) is 10.9 Å². The van der Waals surface area contributed by atoms with E-state index in [-0.39, 0.29) is 5.82 Å². The molecule has 0 aliphatic carbocycles. The third kappa shape index (κ3) is 1.79. The average molecular weight is 271 g/mol. The lowest BCUT2D eigenvalue weighted by molar-refractivity contribution is 0.623. The molecule has 0 amide bonds. The Morgan fingerprint density at radius 3 is 2.87 bits per heavy atom. The standard InChI is InChI=1S/C11H12BrFN2/c1-15-6-7(2-3-14)8-4-10(13)9(12)5-11(8)15/h4-6H,2-3,14H2,1H3. The summed E-state index contributed by atoms with van der Waals surface area (Å²) in [6.07, 6.45) is 2.78. The van der Waals surface area contributed by atoms with Gasteiger partial charge in [-0.2, -0.15) is 0 Å². The highest BCUT2D eigenvalue weighted by atomic mass is 79.9. The van der Waals surface area contributed by atoms with Crippen molar-refractivity contribution in [2.45, 2.75) is 6.42 Å². The predicted octanol–water partition coefficient (Wildman–Crippen LogP) is 2.58. The van der Waals surface area contributed by atoms with E-state index in [1.165, 1.54) is 0 Å². The van der Waals surface area contributed by atoms with Crippen LogP contribution in [0.1, 0.15) is 5.56 Å². The van der Waals surface area contributed by atoms with E-state index in [1.54, 1.807) is 12.1 Å². The second kappa shape index (κ2) is 3.94. The van der Waals surface area contributed by atoms with Crippen LogP contribution in [0.2, 0.25) is 0 Å². The molecule has 0 aliphatic heterocycles. The van der Waals surface area contributed by atoms with Crippen molar-refractivity contribution in [3.63, 3.8) is 0 Å². The molecular formula is C11H12BrFN2. The Hall–Kier alpha value is -0.870. The second-order valence-corrected chi connectivity index (χ2v) is 4.44. The molecule has 0 aliphatic rings. The Kier molecular flexibility index (Phi) is 2.80. The number of halogens is 2. The molecule has 0 bridgehead atoms. The second-order valence-electron chi connectivity index (χ2n) is 3.59. The van der Waals surface area contributed by atoms with Gasteiger partial charge in [0.25, 0.3) is 0 Å². The van der Waals surface area contributed by atoms with E-state index in [0.29, 0.717) is 11.0 Å². The average Bonchev–Trinajstić information content (AvgIpc) is 2.46. The fourth-order valence-electron chi connectivity index (χ4n) is 1.81. The maximum atomic E-state index is 13.4. The molecule has 0 atom stereocenters. The molecule has 15 heavy (non-hydrogen) atoms. The normalized spacial score (nSPS) is 11.2. The molecule has 80 valence electrons. The van der Waals surface area contributed by atoms with Gasteiger partial charge in [0.05, 0.1) is 4.47 Å². The van der Waals surface area contributed by atoms with Crippen LogP contribution in [0.3, 0.4) is 0 Å². The highest BCUT2D eigenvalue weighted by Gasteiger charge is 2.09. The molecule has 0 fully saturated rings. The first-order valence-corrected chi connectivity index (χ1v) is 5.56. The quantitative estimate of drug-likeness (QED) is 0.894. The summed E-state index contributed by atoms with van der Waals surface area (Å²) in [7, 11) is 1.95. The molecule has 0 unspecified atom stereocenters. The summed E-state index contributed by atoms with van der Waals surface area (Å²) in [5.74, 6) is -0.230. The minimum Gasteiger partial charge on any atom is -0.350 e. The first kappa shape index (κ1) is 10.6. The Bertz CT molecular complexity index is 505. The fourth-order valence-corrected chi connectivity index (χ4v) is 2.14. The maximum absolute atomic E-state index is 13.4. The van der Waals surface area contributed by atoms with E-state index in [1.807, 2.05) is 17.8 Å². The van der Waals surface area contributed by atoms with Crippen LogP contribution in [-0.2, 0) is 13.5 Å². The summed E-state index contributed by atoms with van der Waals surface area (Å²) in [6.45, 7) is 0.580. The third-order valence-electron chi connectivity index (χ3n) is 2.53. The number of nitrogens with zero attached hydrogens (tertiary/aromatic N) is 1. The molecule has 4 heteroatoms. The summed E-state index contributed by atoms with van der Waals surface area (Å²) in [5.41, 5.74) is 7.64. The van der Waals surface area contributed by atoms with Crippen LogP contribution in [0, 0.1) is 5.82 Å². The van der Waals surface area contributed by atoms with Crippen molar-refractivity contribution in [1.29, 1.82) is 0 Å². The van der Waals surface area contributed by atoms with Crippen LogP contribution in [0.15, 0.2) is 22.8 Å². The maximum Gasteiger partial charge on any atom is 0.138 e. The van der Waals surface area contributed by atoms with Crippen molar-refractivity contribution in [3.05, 3.63) is 34.2 Å². The van der Waals surface area contributed by atoms with Gasteiger partial charge in [-0.1, -0.05) is 0 Å². The lowest BCUT2D eigenvalue weighted by Crippen LogP contribution is -2.01. The highest BCUT2D eigenvalue weighted by molar-refractivity contribution is 9.10. The molecule has 2 N–H and O–H groups in total. The van der Waals surface area contributed by atoms with E-state index in [9.17, 15) is 4.39 Å². The zero-order chi connectivity index (χ0) is 11.0. The number of rotatable bonds is 2. The molecule has 2 nitrogen and oxygen atoms in total. The van der Waals surface area contributed by atoms with Gasteiger partial charge >= 0.3 is 0 Å². The number of hydrogen-bond acceptors (Lipinski definition) is 1. The van der Waals surface area contributed by atoms with Crippen LogP contribution in [0.4, 0.5) is 4.39 Å². The Balaban J connectivity index is 2.70. The number of hydrogen-bond donors (Lipinski definition) is 1. The zero-order valence-corrected chi connectivity index (χ0v) is 10.0. The molecule has 0 radical (unpaired) electrons. The van der Waals surface area contributed by atoms with Gasteiger partial charge in [-0.25, -0.2) is 4.39 Å². The first-order chi connectivity index (χ1) is 7.13. The van der Waals surface area contributed by atoms with Crippen molar-refractivity contribution in [2.24, 2.45) is 12.8 Å². The largest absolute Gasteiger partial charge is 0.350 e. The highest BCUT2D eigenvalue weighted by Crippen LogP contribution is 2.27. The monoisotopic (exact) mass is 270 g/mol. The van der Waals surface area contributed by atoms with Crippen molar-refractivity contribution in [2.75, 3.05) is 6.54 Å². The topological polar surface area (TPSA) is 30.9 Å². The van der Waals surface area contributed by atoms with Gasteiger partial charge in [-0.05, 0) is 46.6 Å². The summed E-state index contributed by atoms with van der Waals surface area (Å²) in [4.78, 5) is 0. The van der Waals surface area contributed by atoms with E-state index in [4.69, 9.17) is 5.73 Å². The first-order valence-electron chi connectivity index (χ1n) is 4.76.